The van der Waals surface area contributed by atoms with Crippen molar-refractivity contribution in [3.8, 4) is 0 Å². The number of carboxylic acid groups (broad SMARTS) is 1. The molecule has 0 atom stereocenters. The lowest BCUT2D eigenvalue weighted by molar-refractivity contribution is 0.0697. The molecule has 1 rings (SSSR count). The number of carbonyl (C=O) groups is 1. The molecule has 1 aromatic rings. The van der Waals surface area contributed by atoms with Gasteiger partial charge in [0.1, 0.15) is 11.4 Å². The summed E-state index contributed by atoms with van der Waals surface area (Å²) in [6.07, 6.45) is 3.43. The second kappa shape index (κ2) is 4.96. The van der Waals surface area contributed by atoms with Crippen LogP contribution in [0.25, 0.3) is 0 Å². The van der Waals surface area contributed by atoms with Crippen LogP contribution in [-0.4, -0.2) is 21.6 Å². The molecule has 2 N–H and O–H groups in total. The number of aromatic carboxylic acids is 1. The molecule has 0 aliphatic heterocycles. The summed E-state index contributed by atoms with van der Waals surface area (Å²) in [5.74, 6) is -0.508. The van der Waals surface area contributed by atoms with Crippen molar-refractivity contribution in [3.05, 3.63) is 23.9 Å². The van der Waals surface area contributed by atoms with E-state index >= 15 is 0 Å². The highest BCUT2D eigenvalue weighted by atomic mass is 16.4. The molecule has 0 amide bonds. The fourth-order valence-corrected chi connectivity index (χ4v) is 1.39. The van der Waals surface area contributed by atoms with Gasteiger partial charge < -0.3 is 10.4 Å². The summed E-state index contributed by atoms with van der Waals surface area (Å²) in [5.41, 5.74) is 0.106. The SMILES string of the molecule is CCC(C)(CC)Nc1ncccc1C(=O)O. The summed E-state index contributed by atoms with van der Waals surface area (Å²) >= 11 is 0. The molecule has 4 nitrogen and oxygen atoms in total. The third-order valence-electron chi connectivity index (χ3n) is 3.02. The molecule has 0 unspecified atom stereocenters. The minimum atomic E-state index is -0.954. The fourth-order valence-electron chi connectivity index (χ4n) is 1.39. The van der Waals surface area contributed by atoms with Crippen molar-refractivity contribution in [2.75, 3.05) is 5.32 Å². The molecule has 0 aliphatic carbocycles. The van der Waals surface area contributed by atoms with Gasteiger partial charge in [-0.3, -0.25) is 0 Å². The molecule has 0 fully saturated rings. The Bertz CT molecular complexity index is 373. The van der Waals surface area contributed by atoms with Crippen LogP contribution in [0.2, 0.25) is 0 Å². The minimum Gasteiger partial charge on any atom is -0.478 e. The molecule has 0 radical (unpaired) electrons. The summed E-state index contributed by atoms with van der Waals surface area (Å²) in [4.78, 5) is 15.1. The van der Waals surface area contributed by atoms with Crippen LogP contribution in [0.3, 0.4) is 0 Å². The summed E-state index contributed by atoms with van der Waals surface area (Å²) in [5, 5.41) is 12.2. The Kier molecular flexibility index (Phi) is 3.88. The number of pyridine rings is 1. The highest BCUT2D eigenvalue weighted by molar-refractivity contribution is 5.93. The predicted octanol–water partition coefficient (Wildman–Crippen LogP) is 2.77. The molecular weight excluding hydrogens is 204 g/mol. The first-order valence-corrected chi connectivity index (χ1v) is 5.49. The van der Waals surface area contributed by atoms with Crippen molar-refractivity contribution < 1.29 is 9.90 Å². The van der Waals surface area contributed by atoms with Gasteiger partial charge >= 0.3 is 5.97 Å². The Morgan fingerprint density at radius 1 is 1.50 bits per heavy atom. The lowest BCUT2D eigenvalue weighted by Gasteiger charge is -2.29. The zero-order valence-corrected chi connectivity index (χ0v) is 9.95. The number of rotatable bonds is 5. The average molecular weight is 222 g/mol. The molecule has 0 saturated heterocycles. The maximum Gasteiger partial charge on any atom is 0.339 e. The van der Waals surface area contributed by atoms with Crippen LogP contribution in [0.1, 0.15) is 44.0 Å². The smallest absolute Gasteiger partial charge is 0.339 e. The van der Waals surface area contributed by atoms with E-state index in [9.17, 15) is 4.79 Å². The molecule has 0 aliphatic rings. The van der Waals surface area contributed by atoms with Gasteiger partial charge in [-0.2, -0.15) is 0 Å². The van der Waals surface area contributed by atoms with E-state index in [4.69, 9.17) is 5.11 Å². The van der Waals surface area contributed by atoms with Crippen molar-refractivity contribution in [1.82, 2.24) is 4.98 Å². The first-order valence-electron chi connectivity index (χ1n) is 5.49. The van der Waals surface area contributed by atoms with Crippen LogP contribution in [0, 0.1) is 0 Å². The largest absolute Gasteiger partial charge is 0.478 e. The van der Waals surface area contributed by atoms with E-state index in [1.807, 2.05) is 0 Å². The minimum absolute atomic E-state index is 0.113. The molecule has 0 spiro atoms. The molecule has 88 valence electrons. The van der Waals surface area contributed by atoms with E-state index in [1.54, 1.807) is 18.3 Å². The van der Waals surface area contributed by atoms with Crippen LogP contribution < -0.4 is 5.32 Å². The molecule has 4 heteroatoms. The van der Waals surface area contributed by atoms with E-state index in [0.717, 1.165) is 12.8 Å². The molecular formula is C12H18N2O2. The Labute approximate surface area is 95.7 Å². The fraction of sp³-hybridized carbons (Fsp3) is 0.500. The van der Waals surface area contributed by atoms with Crippen LogP contribution in [0.15, 0.2) is 18.3 Å². The average Bonchev–Trinajstić information content (AvgIpc) is 2.29. The lowest BCUT2D eigenvalue weighted by Crippen LogP contribution is -2.34. The Balaban J connectivity index is 3.01. The van der Waals surface area contributed by atoms with Gasteiger partial charge in [-0.25, -0.2) is 9.78 Å². The van der Waals surface area contributed by atoms with E-state index in [1.165, 1.54) is 0 Å². The van der Waals surface area contributed by atoms with Gasteiger partial charge in [-0.1, -0.05) is 13.8 Å². The van der Waals surface area contributed by atoms with Gasteiger partial charge in [0, 0.05) is 11.7 Å². The van der Waals surface area contributed by atoms with Gasteiger partial charge in [0.25, 0.3) is 0 Å². The van der Waals surface area contributed by atoms with Crippen LogP contribution in [0.4, 0.5) is 5.82 Å². The monoisotopic (exact) mass is 222 g/mol. The normalized spacial score (nSPS) is 11.2. The summed E-state index contributed by atoms with van der Waals surface area (Å²) < 4.78 is 0. The standard InChI is InChI=1S/C12H18N2O2/c1-4-12(3,5-2)14-10-9(11(15)16)7-6-8-13-10/h6-8H,4-5H2,1-3H3,(H,13,14)(H,15,16). The zero-order chi connectivity index (χ0) is 12.2. The first kappa shape index (κ1) is 12.5. The Hall–Kier alpha value is -1.58. The van der Waals surface area contributed by atoms with Gasteiger partial charge in [0.05, 0.1) is 0 Å². The Morgan fingerprint density at radius 3 is 2.62 bits per heavy atom. The van der Waals surface area contributed by atoms with E-state index in [0.29, 0.717) is 5.82 Å². The van der Waals surface area contributed by atoms with E-state index in [-0.39, 0.29) is 11.1 Å². The first-order chi connectivity index (χ1) is 7.52. The highest BCUT2D eigenvalue weighted by Gasteiger charge is 2.22. The maximum atomic E-state index is 11.0. The maximum absolute atomic E-state index is 11.0. The Morgan fingerprint density at radius 2 is 2.12 bits per heavy atom. The number of aromatic nitrogens is 1. The number of carboxylic acids is 1. The number of hydrogen-bond donors (Lipinski definition) is 2. The zero-order valence-electron chi connectivity index (χ0n) is 9.95. The summed E-state index contributed by atoms with van der Waals surface area (Å²) in [7, 11) is 0. The van der Waals surface area contributed by atoms with E-state index < -0.39 is 5.97 Å². The lowest BCUT2D eigenvalue weighted by atomic mass is 9.95. The van der Waals surface area contributed by atoms with Crippen molar-refractivity contribution in [2.45, 2.75) is 39.2 Å². The van der Waals surface area contributed by atoms with Gasteiger partial charge in [-0.15, -0.1) is 0 Å². The quantitative estimate of drug-likeness (QED) is 0.804. The number of anilines is 1. The van der Waals surface area contributed by atoms with Gasteiger partial charge in [0.15, 0.2) is 0 Å². The van der Waals surface area contributed by atoms with Crippen molar-refractivity contribution >= 4 is 11.8 Å². The van der Waals surface area contributed by atoms with Crippen LogP contribution in [-0.2, 0) is 0 Å². The molecule has 1 heterocycles. The molecule has 16 heavy (non-hydrogen) atoms. The third-order valence-corrected chi connectivity index (χ3v) is 3.02. The predicted molar refractivity (Wildman–Crippen MR) is 63.8 cm³/mol. The second-order valence-corrected chi connectivity index (χ2v) is 4.10. The van der Waals surface area contributed by atoms with Gasteiger partial charge in [0.2, 0.25) is 0 Å². The third kappa shape index (κ3) is 2.72. The summed E-state index contributed by atoms with van der Waals surface area (Å²) in [6.45, 7) is 6.20. The summed E-state index contributed by atoms with van der Waals surface area (Å²) in [6, 6.07) is 3.19. The molecule has 0 aromatic carbocycles. The van der Waals surface area contributed by atoms with Crippen LogP contribution in [0.5, 0.6) is 0 Å². The molecule has 0 saturated carbocycles. The highest BCUT2D eigenvalue weighted by Crippen LogP contribution is 2.22. The van der Waals surface area contributed by atoms with Crippen molar-refractivity contribution in [2.24, 2.45) is 0 Å². The van der Waals surface area contributed by atoms with Gasteiger partial charge in [-0.05, 0) is 31.9 Å². The number of nitrogens with zero attached hydrogens (tertiary/aromatic N) is 1. The van der Waals surface area contributed by atoms with Crippen molar-refractivity contribution in [1.29, 1.82) is 0 Å². The molecule has 0 bridgehead atoms. The second-order valence-electron chi connectivity index (χ2n) is 4.10. The van der Waals surface area contributed by atoms with Crippen LogP contribution >= 0.6 is 0 Å². The number of hydrogen-bond acceptors (Lipinski definition) is 3. The van der Waals surface area contributed by atoms with E-state index in [2.05, 4.69) is 31.1 Å². The van der Waals surface area contributed by atoms with Crippen molar-refractivity contribution in [3.63, 3.8) is 0 Å². The number of nitrogens with one attached hydrogen (secondary N) is 1. The topological polar surface area (TPSA) is 62.2 Å². The molecule has 1 aromatic heterocycles.